The Hall–Kier alpha value is -0.610. The molecular weight excluding hydrogens is 246 g/mol. The Bertz CT molecular complexity index is 440. The maximum Gasteiger partial charge on any atom is 0.201 e. The van der Waals surface area contributed by atoms with E-state index in [9.17, 15) is 4.39 Å². The van der Waals surface area contributed by atoms with Crippen LogP contribution in [0, 0.1) is 5.82 Å². The van der Waals surface area contributed by atoms with Crippen LogP contribution in [0.3, 0.4) is 0 Å². The third kappa shape index (κ3) is 1.21. The standard InChI is InChI=1S/C7H3BrClFN2/c8-3-1-4(10)6-5(2-3)11-7(9)12-6/h1-2H,(H,11,12). The quantitative estimate of drug-likeness (QED) is 0.763. The fourth-order valence-electron chi connectivity index (χ4n) is 1.01. The average molecular weight is 249 g/mol. The Morgan fingerprint density at radius 2 is 2.25 bits per heavy atom. The van der Waals surface area contributed by atoms with Gasteiger partial charge >= 0.3 is 0 Å². The van der Waals surface area contributed by atoms with Crippen molar-refractivity contribution in [1.29, 1.82) is 0 Å². The molecule has 0 saturated heterocycles. The average Bonchev–Trinajstić information content (AvgIpc) is 2.29. The molecule has 62 valence electrons. The lowest BCUT2D eigenvalue weighted by Gasteiger charge is -1.91. The van der Waals surface area contributed by atoms with E-state index in [0.717, 1.165) is 0 Å². The fraction of sp³-hybridized carbons (Fsp3) is 0. The van der Waals surface area contributed by atoms with Gasteiger partial charge in [-0.25, -0.2) is 9.37 Å². The summed E-state index contributed by atoms with van der Waals surface area (Å²) in [6.07, 6.45) is 0. The second kappa shape index (κ2) is 2.71. The van der Waals surface area contributed by atoms with Gasteiger partial charge in [-0.1, -0.05) is 15.9 Å². The molecule has 0 spiro atoms. The number of nitrogens with zero attached hydrogens (tertiary/aromatic N) is 1. The van der Waals surface area contributed by atoms with Crippen LogP contribution in [0.1, 0.15) is 0 Å². The fourth-order valence-corrected chi connectivity index (χ4v) is 1.63. The molecule has 1 aromatic carbocycles. The van der Waals surface area contributed by atoms with Crippen LogP contribution >= 0.6 is 27.5 Å². The van der Waals surface area contributed by atoms with Gasteiger partial charge in [0.15, 0.2) is 5.82 Å². The first-order valence-corrected chi connectivity index (χ1v) is 4.34. The summed E-state index contributed by atoms with van der Waals surface area (Å²) >= 11 is 8.72. The van der Waals surface area contributed by atoms with Crippen molar-refractivity contribution in [3.63, 3.8) is 0 Å². The Labute approximate surface area is 80.9 Å². The predicted octanol–water partition coefficient (Wildman–Crippen LogP) is 3.12. The number of nitrogens with one attached hydrogen (secondary N) is 1. The van der Waals surface area contributed by atoms with E-state index in [1.165, 1.54) is 6.07 Å². The summed E-state index contributed by atoms with van der Waals surface area (Å²) in [4.78, 5) is 6.49. The summed E-state index contributed by atoms with van der Waals surface area (Å²) in [5, 5.41) is 0.196. The topological polar surface area (TPSA) is 28.7 Å². The van der Waals surface area contributed by atoms with Gasteiger partial charge in [0.05, 0.1) is 5.52 Å². The minimum absolute atomic E-state index is 0.196. The zero-order valence-electron chi connectivity index (χ0n) is 5.74. The molecule has 0 bridgehead atoms. The minimum atomic E-state index is -0.387. The Morgan fingerprint density at radius 1 is 1.50 bits per heavy atom. The van der Waals surface area contributed by atoms with Crippen molar-refractivity contribution >= 4 is 38.6 Å². The van der Waals surface area contributed by atoms with Crippen LogP contribution in [-0.4, -0.2) is 9.97 Å². The molecule has 5 heteroatoms. The van der Waals surface area contributed by atoms with E-state index in [-0.39, 0.29) is 16.6 Å². The van der Waals surface area contributed by atoms with Crippen molar-refractivity contribution in [3.05, 3.63) is 27.7 Å². The second-order valence-electron chi connectivity index (χ2n) is 2.31. The van der Waals surface area contributed by atoms with Crippen LogP contribution in [0.15, 0.2) is 16.6 Å². The lowest BCUT2D eigenvalue weighted by atomic mass is 10.3. The molecule has 2 rings (SSSR count). The van der Waals surface area contributed by atoms with Crippen LogP contribution in [0.2, 0.25) is 5.28 Å². The van der Waals surface area contributed by atoms with Crippen molar-refractivity contribution < 1.29 is 4.39 Å². The number of benzene rings is 1. The third-order valence-corrected chi connectivity index (χ3v) is 2.11. The minimum Gasteiger partial charge on any atom is -0.328 e. The zero-order chi connectivity index (χ0) is 8.72. The van der Waals surface area contributed by atoms with Gasteiger partial charge in [0.2, 0.25) is 5.28 Å². The number of halogens is 3. The summed E-state index contributed by atoms with van der Waals surface area (Å²) < 4.78 is 13.7. The number of hydrogen-bond acceptors (Lipinski definition) is 1. The molecule has 12 heavy (non-hydrogen) atoms. The predicted molar refractivity (Wildman–Crippen MR) is 48.8 cm³/mol. The van der Waals surface area contributed by atoms with Gasteiger partial charge in [0.1, 0.15) is 5.52 Å². The van der Waals surface area contributed by atoms with E-state index in [1.54, 1.807) is 6.07 Å². The van der Waals surface area contributed by atoms with Crippen molar-refractivity contribution in [3.8, 4) is 0 Å². The van der Waals surface area contributed by atoms with Gasteiger partial charge < -0.3 is 4.98 Å². The monoisotopic (exact) mass is 248 g/mol. The lowest BCUT2D eigenvalue weighted by Crippen LogP contribution is -1.77. The molecule has 1 aromatic heterocycles. The van der Waals surface area contributed by atoms with Crippen molar-refractivity contribution in [2.24, 2.45) is 0 Å². The first-order valence-electron chi connectivity index (χ1n) is 3.17. The van der Waals surface area contributed by atoms with E-state index >= 15 is 0 Å². The number of hydrogen-bond donors (Lipinski definition) is 1. The normalized spacial score (nSPS) is 10.9. The van der Waals surface area contributed by atoms with Gasteiger partial charge in [0, 0.05) is 4.47 Å². The Kier molecular flexibility index (Phi) is 1.81. The summed E-state index contributed by atoms with van der Waals surface area (Å²) in [6.45, 7) is 0. The third-order valence-electron chi connectivity index (χ3n) is 1.48. The van der Waals surface area contributed by atoms with E-state index in [2.05, 4.69) is 25.9 Å². The molecule has 0 aliphatic rings. The Morgan fingerprint density at radius 3 is 3.00 bits per heavy atom. The first kappa shape index (κ1) is 8.01. The molecule has 2 aromatic rings. The molecule has 0 atom stereocenters. The second-order valence-corrected chi connectivity index (χ2v) is 3.59. The van der Waals surface area contributed by atoms with E-state index in [1.807, 2.05) is 0 Å². The van der Waals surface area contributed by atoms with Gasteiger partial charge in [0.25, 0.3) is 0 Å². The number of H-pyrrole nitrogens is 1. The highest BCUT2D eigenvalue weighted by molar-refractivity contribution is 9.10. The van der Waals surface area contributed by atoms with Crippen LogP contribution in [0.5, 0.6) is 0 Å². The number of imidazole rings is 1. The molecule has 2 nitrogen and oxygen atoms in total. The van der Waals surface area contributed by atoms with Gasteiger partial charge in [-0.3, -0.25) is 0 Å². The maximum absolute atomic E-state index is 13.1. The highest BCUT2D eigenvalue weighted by atomic mass is 79.9. The van der Waals surface area contributed by atoms with E-state index in [0.29, 0.717) is 9.99 Å². The molecule has 1 N–H and O–H groups in total. The molecule has 0 saturated carbocycles. The van der Waals surface area contributed by atoms with E-state index in [4.69, 9.17) is 11.6 Å². The molecule has 0 amide bonds. The number of aromatic amines is 1. The van der Waals surface area contributed by atoms with Gasteiger partial charge in [-0.2, -0.15) is 0 Å². The summed E-state index contributed by atoms with van der Waals surface area (Å²) in [6, 6.07) is 3.07. The van der Waals surface area contributed by atoms with Gasteiger partial charge in [-0.05, 0) is 23.7 Å². The SMILES string of the molecule is Fc1cc(Br)cc2[nH]c(Cl)nc12. The number of aromatic nitrogens is 2. The van der Waals surface area contributed by atoms with Crippen LogP contribution < -0.4 is 0 Å². The summed E-state index contributed by atoms with van der Waals surface area (Å²) in [5.74, 6) is -0.387. The molecule has 1 heterocycles. The number of rotatable bonds is 0. The molecule has 0 radical (unpaired) electrons. The van der Waals surface area contributed by atoms with Crippen molar-refractivity contribution in [1.82, 2.24) is 9.97 Å². The molecule has 0 unspecified atom stereocenters. The largest absolute Gasteiger partial charge is 0.328 e. The van der Waals surface area contributed by atoms with Crippen LogP contribution in [0.25, 0.3) is 11.0 Å². The zero-order valence-corrected chi connectivity index (χ0v) is 8.08. The van der Waals surface area contributed by atoms with Crippen LogP contribution in [0.4, 0.5) is 4.39 Å². The van der Waals surface area contributed by atoms with E-state index < -0.39 is 0 Å². The molecule has 0 fully saturated rings. The van der Waals surface area contributed by atoms with Crippen LogP contribution in [-0.2, 0) is 0 Å². The first-order chi connectivity index (χ1) is 5.66. The highest BCUT2D eigenvalue weighted by Crippen LogP contribution is 2.22. The molecular formula is C7H3BrClFN2. The van der Waals surface area contributed by atoms with Crippen molar-refractivity contribution in [2.75, 3.05) is 0 Å². The maximum atomic E-state index is 13.1. The lowest BCUT2D eigenvalue weighted by molar-refractivity contribution is 0.636. The van der Waals surface area contributed by atoms with Gasteiger partial charge in [-0.15, -0.1) is 0 Å². The Balaban J connectivity index is 2.88. The molecule has 0 aliphatic carbocycles. The highest BCUT2D eigenvalue weighted by Gasteiger charge is 2.06. The summed E-state index contributed by atoms with van der Waals surface area (Å²) in [7, 11) is 0. The number of fused-ring (bicyclic) bond motifs is 1. The molecule has 0 aliphatic heterocycles. The summed E-state index contributed by atoms with van der Waals surface area (Å²) in [5.41, 5.74) is 0.857. The van der Waals surface area contributed by atoms with Crippen molar-refractivity contribution in [2.45, 2.75) is 0 Å². The smallest absolute Gasteiger partial charge is 0.201 e.